The maximum absolute atomic E-state index is 5.41. The molecule has 2 aliphatic rings. The average Bonchev–Trinajstić information content (AvgIpc) is 2.12. The molecular weight excluding hydrogens is 174 g/mol. The van der Waals surface area contributed by atoms with Crippen molar-refractivity contribution in [2.45, 2.75) is 45.6 Å². The molecule has 2 aliphatic heterocycles. The Labute approximate surface area is 87.4 Å². The molecule has 0 aromatic rings. The zero-order chi connectivity index (χ0) is 10.0. The van der Waals surface area contributed by atoms with Crippen LogP contribution in [0, 0.1) is 11.3 Å². The molecule has 0 aromatic heterocycles. The van der Waals surface area contributed by atoms with E-state index in [2.05, 4.69) is 19.2 Å². The zero-order valence-corrected chi connectivity index (χ0v) is 9.51. The largest absolute Gasteiger partial charge is 0.380 e. The van der Waals surface area contributed by atoms with Crippen LogP contribution in [-0.4, -0.2) is 25.8 Å². The van der Waals surface area contributed by atoms with E-state index in [1.54, 1.807) is 0 Å². The Hall–Kier alpha value is -0.0800. The number of hydrogen-bond acceptors (Lipinski definition) is 2. The topological polar surface area (TPSA) is 21.3 Å². The summed E-state index contributed by atoms with van der Waals surface area (Å²) in [6, 6.07) is 0.759. The fourth-order valence-corrected chi connectivity index (χ4v) is 2.64. The first-order chi connectivity index (χ1) is 6.73. The monoisotopic (exact) mass is 197 g/mol. The minimum absolute atomic E-state index is 0.495. The van der Waals surface area contributed by atoms with Gasteiger partial charge in [0.2, 0.25) is 0 Å². The Morgan fingerprint density at radius 3 is 2.57 bits per heavy atom. The lowest BCUT2D eigenvalue weighted by Crippen LogP contribution is -2.51. The van der Waals surface area contributed by atoms with Crippen molar-refractivity contribution in [1.82, 2.24) is 5.32 Å². The fraction of sp³-hybridized carbons (Fsp3) is 1.00. The van der Waals surface area contributed by atoms with Crippen LogP contribution >= 0.6 is 0 Å². The van der Waals surface area contributed by atoms with Gasteiger partial charge < -0.3 is 10.1 Å². The normalized spacial score (nSPS) is 31.5. The lowest BCUT2D eigenvalue weighted by Gasteiger charge is -2.47. The third-order valence-electron chi connectivity index (χ3n) is 4.07. The molecule has 0 radical (unpaired) electrons. The van der Waals surface area contributed by atoms with Gasteiger partial charge in [0, 0.05) is 11.5 Å². The molecule has 1 atom stereocenters. The van der Waals surface area contributed by atoms with E-state index in [1.807, 2.05) is 0 Å². The average molecular weight is 197 g/mol. The van der Waals surface area contributed by atoms with E-state index in [-0.39, 0.29) is 0 Å². The molecule has 0 bridgehead atoms. The Morgan fingerprint density at radius 1 is 1.36 bits per heavy atom. The molecule has 2 heteroatoms. The highest BCUT2D eigenvalue weighted by molar-refractivity contribution is 4.92. The maximum atomic E-state index is 5.41. The standard InChI is InChI=1S/C12H23NO/c1-10(2)12(8-14-9-12)7-11-5-3-4-6-13-11/h10-11,13H,3-9H2,1-2H3. The summed E-state index contributed by atoms with van der Waals surface area (Å²) < 4.78 is 5.41. The van der Waals surface area contributed by atoms with Crippen LogP contribution in [0.5, 0.6) is 0 Å². The number of rotatable bonds is 3. The van der Waals surface area contributed by atoms with E-state index >= 15 is 0 Å². The summed E-state index contributed by atoms with van der Waals surface area (Å²) in [5, 5.41) is 3.64. The van der Waals surface area contributed by atoms with Gasteiger partial charge in [0.1, 0.15) is 0 Å². The molecule has 0 spiro atoms. The van der Waals surface area contributed by atoms with E-state index in [4.69, 9.17) is 4.74 Å². The second-order valence-electron chi connectivity index (χ2n) is 5.36. The van der Waals surface area contributed by atoms with Gasteiger partial charge in [0.15, 0.2) is 0 Å². The van der Waals surface area contributed by atoms with Gasteiger partial charge in [0.05, 0.1) is 13.2 Å². The summed E-state index contributed by atoms with van der Waals surface area (Å²) in [5.74, 6) is 0.764. The molecule has 1 N–H and O–H groups in total. The van der Waals surface area contributed by atoms with E-state index in [0.717, 1.165) is 25.2 Å². The van der Waals surface area contributed by atoms with Crippen LogP contribution < -0.4 is 5.32 Å². The van der Waals surface area contributed by atoms with Crippen molar-refractivity contribution in [2.24, 2.45) is 11.3 Å². The first-order valence-corrected chi connectivity index (χ1v) is 6.04. The van der Waals surface area contributed by atoms with Gasteiger partial charge in [-0.15, -0.1) is 0 Å². The quantitative estimate of drug-likeness (QED) is 0.749. The molecule has 2 rings (SSSR count). The lowest BCUT2D eigenvalue weighted by atomic mass is 9.70. The van der Waals surface area contributed by atoms with Crippen molar-refractivity contribution < 1.29 is 4.74 Å². The van der Waals surface area contributed by atoms with Crippen LogP contribution in [0.4, 0.5) is 0 Å². The summed E-state index contributed by atoms with van der Waals surface area (Å²) in [5.41, 5.74) is 0.495. The van der Waals surface area contributed by atoms with Crippen molar-refractivity contribution in [3.8, 4) is 0 Å². The highest BCUT2D eigenvalue weighted by Gasteiger charge is 2.42. The summed E-state index contributed by atoms with van der Waals surface area (Å²) >= 11 is 0. The van der Waals surface area contributed by atoms with E-state index in [0.29, 0.717) is 5.41 Å². The van der Waals surface area contributed by atoms with E-state index in [1.165, 1.54) is 32.2 Å². The van der Waals surface area contributed by atoms with Crippen molar-refractivity contribution >= 4 is 0 Å². The predicted octanol–water partition coefficient (Wildman–Crippen LogP) is 2.19. The number of ether oxygens (including phenoxy) is 1. The Kier molecular flexibility index (Phi) is 3.13. The molecule has 82 valence electrons. The van der Waals surface area contributed by atoms with Gasteiger partial charge in [-0.1, -0.05) is 20.3 Å². The summed E-state index contributed by atoms with van der Waals surface area (Å²) in [4.78, 5) is 0. The molecule has 0 aromatic carbocycles. The molecule has 2 heterocycles. The molecule has 0 amide bonds. The zero-order valence-electron chi connectivity index (χ0n) is 9.51. The van der Waals surface area contributed by atoms with Crippen LogP contribution in [-0.2, 0) is 4.74 Å². The summed E-state index contributed by atoms with van der Waals surface area (Å²) in [7, 11) is 0. The minimum Gasteiger partial charge on any atom is -0.380 e. The molecular formula is C12H23NO. The number of hydrogen-bond donors (Lipinski definition) is 1. The van der Waals surface area contributed by atoms with E-state index < -0.39 is 0 Å². The molecule has 2 fully saturated rings. The maximum Gasteiger partial charge on any atom is 0.0547 e. The minimum atomic E-state index is 0.495. The van der Waals surface area contributed by atoms with Crippen LogP contribution in [0.15, 0.2) is 0 Å². The Morgan fingerprint density at radius 2 is 2.14 bits per heavy atom. The third kappa shape index (κ3) is 1.96. The van der Waals surface area contributed by atoms with Crippen LogP contribution in [0.25, 0.3) is 0 Å². The predicted molar refractivity (Wildman–Crippen MR) is 58.3 cm³/mol. The highest BCUT2D eigenvalue weighted by Crippen LogP contribution is 2.40. The molecule has 1 unspecified atom stereocenters. The molecule has 0 aliphatic carbocycles. The highest BCUT2D eigenvalue weighted by atomic mass is 16.5. The van der Waals surface area contributed by atoms with Gasteiger partial charge in [-0.3, -0.25) is 0 Å². The molecule has 2 nitrogen and oxygen atoms in total. The van der Waals surface area contributed by atoms with Crippen molar-refractivity contribution in [3.05, 3.63) is 0 Å². The fourth-order valence-electron chi connectivity index (χ4n) is 2.64. The SMILES string of the molecule is CC(C)C1(CC2CCCCN2)COC1. The molecule has 14 heavy (non-hydrogen) atoms. The summed E-state index contributed by atoms with van der Waals surface area (Å²) in [6.07, 6.45) is 5.47. The van der Waals surface area contributed by atoms with Crippen molar-refractivity contribution in [3.63, 3.8) is 0 Å². The van der Waals surface area contributed by atoms with Gasteiger partial charge in [-0.25, -0.2) is 0 Å². The molecule has 0 saturated carbocycles. The second kappa shape index (κ2) is 4.19. The Balaban J connectivity index is 1.87. The van der Waals surface area contributed by atoms with Gasteiger partial charge in [-0.2, -0.15) is 0 Å². The Bertz CT molecular complexity index is 181. The van der Waals surface area contributed by atoms with Crippen molar-refractivity contribution in [1.29, 1.82) is 0 Å². The smallest absolute Gasteiger partial charge is 0.0547 e. The van der Waals surface area contributed by atoms with Crippen LogP contribution in [0.2, 0.25) is 0 Å². The lowest BCUT2D eigenvalue weighted by molar-refractivity contribution is -0.147. The molecule has 2 saturated heterocycles. The summed E-state index contributed by atoms with van der Waals surface area (Å²) in [6.45, 7) is 7.88. The van der Waals surface area contributed by atoms with E-state index in [9.17, 15) is 0 Å². The number of piperidine rings is 1. The number of nitrogens with one attached hydrogen (secondary N) is 1. The van der Waals surface area contributed by atoms with Crippen LogP contribution in [0.1, 0.15) is 39.5 Å². The van der Waals surface area contributed by atoms with Gasteiger partial charge in [0.25, 0.3) is 0 Å². The second-order valence-corrected chi connectivity index (χ2v) is 5.36. The van der Waals surface area contributed by atoms with Crippen LogP contribution in [0.3, 0.4) is 0 Å². The first kappa shape index (κ1) is 10.4. The van der Waals surface area contributed by atoms with Crippen molar-refractivity contribution in [2.75, 3.05) is 19.8 Å². The third-order valence-corrected chi connectivity index (χ3v) is 4.07. The first-order valence-electron chi connectivity index (χ1n) is 6.04. The van der Waals surface area contributed by atoms with Gasteiger partial charge in [-0.05, 0) is 31.7 Å². The van der Waals surface area contributed by atoms with Gasteiger partial charge >= 0.3 is 0 Å².